The van der Waals surface area contributed by atoms with Crippen molar-refractivity contribution >= 4 is 33.4 Å². The molecule has 5 rings (SSSR count). The molecule has 0 aliphatic heterocycles. The molecule has 1 unspecified atom stereocenters. The van der Waals surface area contributed by atoms with Gasteiger partial charge in [0, 0.05) is 11.1 Å². The number of ether oxygens (including phenoxy) is 1. The smallest absolute Gasteiger partial charge is 0.328 e. The van der Waals surface area contributed by atoms with Crippen molar-refractivity contribution in [1.82, 2.24) is 9.36 Å². The minimum atomic E-state index is -1.95. The van der Waals surface area contributed by atoms with E-state index in [1.807, 2.05) is 30.3 Å². The Morgan fingerprint density at radius 3 is 2.24 bits per heavy atom. The van der Waals surface area contributed by atoms with Gasteiger partial charge in [0.05, 0.1) is 21.5 Å². The van der Waals surface area contributed by atoms with E-state index in [0.717, 1.165) is 11.5 Å². The number of fused-ring (bicyclic) bond motifs is 1. The zero-order valence-corrected chi connectivity index (χ0v) is 19.8. The number of hydrogen-bond donors (Lipinski definition) is 3. The van der Waals surface area contributed by atoms with Crippen molar-refractivity contribution in [3.63, 3.8) is 0 Å². The molecular weight excluding hydrogens is 497 g/mol. The highest BCUT2D eigenvalue weighted by atomic mass is 32.1. The standard InChI is InChI=1S/C27H18FN3O5S/c28-18-9-5-4-8-17(18)22-19-24(32)23(25(33)20(29)27(34)35)30-21(26(19)37-31-22)14-10-12-16(13-11-14)36-15-6-2-1-3-7-15/h1-13,20,32H,29H2,(H,34,35). The molecule has 0 saturated carbocycles. The third-order valence-electron chi connectivity index (χ3n) is 5.61. The molecule has 0 aliphatic rings. The van der Waals surface area contributed by atoms with E-state index in [9.17, 15) is 24.2 Å². The number of para-hydroxylation sites is 1. The lowest BCUT2D eigenvalue weighted by molar-refractivity contribution is -0.137. The minimum absolute atomic E-state index is 0.0747. The Bertz CT molecular complexity index is 1640. The molecule has 0 fully saturated rings. The second kappa shape index (κ2) is 9.76. The van der Waals surface area contributed by atoms with E-state index < -0.39 is 35.1 Å². The van der Waals surface area contributed by atoms with Crippen LogP contribution in [0.4, 0.5) is 4.39 Å². The summed E-state index contributed by atoms with van der Waals surface area (Å²) in [6.07, 6.45) is 0. The number of aromatic nitrogens is 2. The number of hydrogen-bond acceptors (Lipinski definition) is 8. The van der Waals surface area contributed by atoms with Gasteiger partial charge in [0.15, 0.2) is 17.5 Å². The number of carboxylic acid groups (broad SMARTS) is 1. The van der Waals surface area contributed by atoms with Crippen molar-refractivity contribution in [2.45, 2.75) is 6.04 Å². The van der Waals surface area contributed by atoms with E-state index in [4.69, 9.17) is 10.5 Å². The summed E-state index contributed by atoms with van der Waals surface area (Å²) in [5.74, 6) is -2.67. The maximum atomic E-state index is 14.6. The van der Waals surface area contributed by atoms with Gasteiger partial charge in [-0.1, -0.05) is 30.3 Å². The molecule has 184 valence electrons. The molecule has 0 spiro atoms. The molecular formula is C27H18FN3O5S. The molecule has 0 aliphatic carbocycles. The Morgan fingerprint density at radius 2 is 1.57 bits per heavy atom. The molecule has 2 aromatic heterocycles. The molecule has 8 nitrogen and oxygen atoms in total. The van der Waals surface area contributed by atoms with Crippen LogP contribution in [0.25, 0.3) is 32.6 Å². The van der Waals surface area contributed by atoms with Gasteiger partial charge in [0.2, 0.25) is 5.78 Å². The number of carbonyl (C=O) groups excluding carboxylic acids is 1. The Balaban J connectivity index is 1.68. The van der Waals surface area contributed by atoms with Gasteiger partial charge >= 0.3 is 5.97 Å². The number of carboxylic acids is 1. The van der Waals surface area contributed by atoms with Gasteiger partial charge in [0.25, 0.3) is 0 Å². The van der Waals surface area contributed by atoms with Crippen LogP contribution >= 0.6 is 11.5 Å². The van der Waals surface area contributed by atoms with E-state index >= 15 is 0 Å². The number of Topliss-reactive ketones (excluding diaryl/α,β-unsaturated/α-hetero) is 1. The average Bonchev–Trinajstić information content (AvgIpc) is 3.35. The summed E-state index contributed by atoms with van der Waals surface area (Å²) in [5.41, 5.74) is 5.99. The predicted molar refractivity (Wildman–Crippen MR) is 136 cm³/mol. The lowest BCUT2D eigenvalue weighted by Gasteiger charge is -2.12. The lowest BCUT2D eigenvalue weighted by atomic mass is 10.0. The van der Waals surface area contributed by atoms with E-state index in [-0.39, 0.29) is 22.3 Å². The van der Waals surface area contributed by atoms with E-state index in [0.29, 0.717) is 21.8 Å². The van der Waals surface area contributed by atoms with Crippen molar-refractivity contribution < 1.29 is 28.9 Å². The SMILES string of the molecule is NC(C(=O)O)C(=O)c1nc(-c2ccc(Oc3ccccc3)cc2)c2snc(-c3ccccc3F)c2c1O. The molecule has 5 aromatic rings. The van der Waals surface area contributed by atoms with Crippen LogP contribution in [0.3, 0.4) is 0 Å². The third-order valence-corrected chi connectivity index (χ3v) is 6.46. The monoisotopic (exact) mass is 515 g/mol. The Kier molecular flexibility index (Phi) is 6.34. The fraction of sp³-hybridized carbons (Fsp3) is 0.0370. The number of pyridine rings is 1. The number of halogens is 1. The molecule has 3 aromatic carbocycles. The predicted octanol–water partition coefficient (Wildman–Crippen LogP) is 5.26. The number of nitrogens with zero attached hydrogens (tertiary/aromatic N) is 2. The van der Waals surface area contributed by atoms with Gasteiger partial charge < -0.3 is 20.7 Å². The molecule has 37 heavy (non-hydrogen) atoms. The summed E-state index contributed by atoms with van der Waals surface area (Å²) in [5, 5.41) is 20.4. The molecule has 0 bridgehead atoms. The maximum Gasteiger partial charge on any atom is 0.328 e. The van der Waals surface area contributed by atoms with Crippen LogP contribution < -0.4 is 10.5 Å². The van der Waals surface area contributed by atoms with Gasteiger partial charge in [-0.3, -0.25) is 9.59 Å². The number of aromatic hydroxyl groups is 1. The summed E-state index contributed by atoms with van der Waals surface area (Å²) >= 11 is 0.966. The van der Waals surface area contributed by atoms with Gasteiger partial charge in [0.1, 0.15) is 17.3 Å². The van der Waals surface area contributed by atoms with Crippen LogP contribution in [0.2, 0.25) is 0 Å². The van der Waals surface area contributed by atoms with Gasteiger partial charge in [-0.2, -0.15) is 4.37 Å². The quantitative estimate of drug-likeness (QED) is 0.197. The summed E-state index contributed by atoms with van der Waals surface area (Å²) in [6.45, 7) is 0. The zero-order valence-electron chi connectivity index (χ0n) is 19.0. The molecule has 0 amide bonds. The number of nitrogens with two attached hydrogens (primary N) is 1. The van der Waals surface area contributed by atoms with Crippen LogP contribution in [-0.4, -0.2) is 37.4 Å². The fourth-order valence-electron chi connectivity index (χ4n) is 3.77. The highest BCUT2D eigenvalue weighted by Crippen LogP contribution is 2.43. The molecule has 2 heterocycles. The fourth-order valence-corrected chi connectivity index (χ4v) is 4.68. The second-order valence-corrected chi connectivity index (χ2v) is 8.77. The highest BCUT2D eigenvalue weighted by Gasteiger charge is 2.31. The summed E-state index contributed by atoms with van der Waals surface area (Å²) in [4.78, 5) is 28.6. The van der Waals surface area contributed by atoms with Crippen molar-refractivity contribution in [2.75, 3.05) is 0 Å². The van der Waals surface area contributed by atoms with Crippen molar-refractivity contribution in [3.8, 4) is 39.8 Å². The summed E-state index contributed by atoms with van der Waals surface area (Å²) < 4.78 is 25.2. The van der Waals surface area contributed by atoms with Crippen LogP contribution in [0.15, 0.2) is 78.9 Å². The van der Waals surface area contributed by atoms with Gasteiger partial charge in [-0.25, -0.2) is 9.37 Å². The summed E-state index contributed by atoms with van der Waals surface area (Å²) in [7, 11) is 0. The van der Waals surface area contributed by atoms with Crippen molar-refractivity contribution in [1.29, 1.82) is 0 Å². The van der Waals surface area contributed by atoms with Crippen molar-refractivity contribution in [2.24, 2.45) is 5.73 Å². The van der Waals surface area contributed by atoms with Gasteiger partial charge in [-0.15, -0.1) is 0 Å². The Labute approximate surface area is 213 Å². The highest BCUT2D eigenvalue weighted by molar-refractivity contribution is 7.14. The van der Waals surface area contributed by atoms with Crippen molar-refractivity contribution in [3.05, 3.63) is 90.4 Å². The number of carbonyl (C=O) groups is 2. The number of ketones is 1. The van der Waals surface area contributed by atoms with Crippen LogP contribution in [0.5, 0.6) is 17.2 Å². The van der Waals surface area contributed by atoms with E-state index in [1.165, 1.54) is 18.2 Å². The van der Waals surface area contributed by atoms with Crippen LogP contribution in [-0.2, 0) is 4.79 Å². The zero-order chi connectivity index (χ0) is 26.1. The molecule has 1 atom stereocenters. The number of rotatable bonds is 7. The first kappa shape index (κ1) is 24.0. The first-order chi connectivity index (χ1) is 17.8. The number of benzene rings is 3. The largest absolute Gasteiger partial charge is 0.505 e. The van der Waals surface area contributed by atoms with E-state index in [1.54, 1.807) is 30.3 Å². The van der Waals surface area contributed by atoms with E-state index in [2.05, 4.69) is 9.36 Å². The topological polar surface area (TPSA) is 136 Å². The Morgan fingerprint density at radius 1 is 0.919 bits per heavy atom. The van der Waals surface area contributed by atoms with Crippen LogP contribution in [0.1, 0.15) is 10.5 Å². The average molecular weight is 516 g/mol. The third kappa shape index (κ3) is 4.51. The first-order valence-corrected chi connectivity index (χ1v) is 11.8. The number of aliphatic carboxylic acids is 1. The maximum absolute atomic E-state index is 14.6. The molecule has 4 N–H and O–H groups in total. The molecule has 0 radical (unpaired) electrons. The molecule has 10 heteroatoms. The second-order valence-electron chi connectivity index (χ2n) is 7.99. The Hall–Kier alpha value is -4.67. The minimum Gasteiger partial charge on any atom is -0.505 e. The molecule has 0 saturated heterocycles. The van der Waals surface area contributed by atoms with Crippen LogP contribution in [0, 0.1) is 5.82 Å². The first-order valence-electron chi connectivity index (χ1n) is 11.0. The summed E-state index contributed by atoms with van der Waals surface area (Å²) in [6, 6.07) is 19.9. The van der Waals surface area contributed by atoms with Gasteiger partial charge in [-0.05, 0) is 60.1 Å². The normalized spacial score (nSPS) is 11.8. The lowest BCUT2D eigenvalue weighted by Crippen LogP contribution is -2.39.